The predicted molar refractivity (Wildman–Crippen MR) is 85.7 cm³/mol. The number of nitrogens with one attached hydrogen (secondary N) is 3. The Bertz CT molecular complexity index is 553. The molecule has 0 aliphatic carbocycles. The molecule has 2 aliphatic rings. The Morgan fingerprint density at radius 2 is 2.14 bits per heavy atom. The fourth-order valence-electron chi connectivity index (χ4n) is 3.24. The van der Waals surface area contributed by atoms with Gasteiger partial charge in [-0.1, -0.05) is 12.1 Å². The smallest absolute Gasteiger partial charge is 0.234 e. The molecule has 0 bridgehead atoms. The molecule has 2 aliphatic heterocycles. The standard InChI is InChI=1S/C17H23N3O2/c21-16-7-6-15(17(22)20-16)13-4-1-5-14(9-13)19-11-12-3-2-8-18-10-12/h1,4-5,9,12,15,18-19H,2-3,6-8,10-11H2,(H,20,21,22)/t12-,15?/m1/s1. The number of amides is 2. The van der Waals surface area contributed by atoms with Crippen LogP contribution in [0.15, 0.2) is 24.3 Å². The number of carbonyl (C=O) groups excluding carboxylic acids is 2. The van der Waals surface area contributed by atoms with Crippen LogP contribution in [0.4, 0.5) is 5.69 Å². The fraction of sp³-hybridized carbons (Fsp3) is 0.529. The molecule has 5 nitrogen and oxygen atoms in total. The molecule has 1 aromatic rings. The molecule has 118 valence electrons. The minimum Gasteiger partial charge on any atom is -0.385 e. The Balaban J connectivity index is 1.62. The first-order valence-corrected chi connectivity index (χ1v) is 8.10. The average Bonchev–Trinajstić information content (AvgIpc) is 2.54. The average molecular weight is 301 g/mol. The SMILES string of the molecule is O=C1CCC(c2cccc(NC[C@@H]3CCCNC3)c2)C(=O)N1. The molecule has 2 atom stereocenters. The highest BCUT2D eigenvalue weighted by Crippen LogP contribution is 2.26. The summed E-state index contributed by atoms with van der Waals surface area (Å²) < 4.78 is 0. The largest absolute Gasteiger partial charge is 0.385 e. The summed E-state index contributed by atoms with van der Waals surface area (Å²) in [5.41, 5.74) is 2.03. The summed E-state index contributed by atoms with van der Waals surface area (Å²) in [6.07, 6.45) is 3.51. The van der Waals surface area contributed by atoms with Gasteiger partial charge in [-0.2, -0.15) is 0 Å². The van der Waals surface area contributed by atoms with Gasteiger partial charge in [0.15, 0.2) is 0 Å². The van der Waals surface area contributed by atoms with Gasteiger partial charge in [-0.25, -0.2) is 0 Å². The summed E-state index contributed by atoms with van der Waals surface area (Å²) in [6, 6.07) is 8.01. The fourth-order valence-corrected chi connectivity index (χ4v) is 3.24. The van der Waals surface area contributed by atoms with Gasteiger partial charge >= 0.3 is 0 Å². The molecule has 22 heavy (non-hydrogen) atoms. The van der Waals surface area contributed by atoms with E-state index < -0.39 is 0 Å². The van der Waals surface area contributed by atoms with Crippen molar-refractivity contribution in [1.82, 2.24) is 10.6 Å². The normalized spacial score (nSPS) is 25.6. The molecular formula is C17H23N3O2. The molecular weight excluding hydrogens is 278 g/mol. The van der Waals surface area contributed by atoms with Crippen molar-refractivity contribution in [2.24, 2.45) is 5.92 Å². The summed E-state index contributed by atoms with van der Waals surface area (Å²) in [7, 11) is 0. The van der Waals surface area contributed by atoms with E-state index >= 15 is 0 Å². The van der Waals surface area contributed by atoms with Gasteiger partial charge in [-0.05, 0) is 56.0 Å². The van der Waals surface area contributed by atoms with Crippen LogP contribution in [-0.2, 0) is 9.59 Å². The van der Waals surface area contributed by atoms with Gasteiger partial charge in [0, 0.05) is 18.7 Å². The van der Waals surface area contributed by atoms with Crippen molar-refractivity contribution in [2.75, 3.05) is 25.0 Å². The van der Waals surface area contributed by atoms with Crippen LogP contribution in [0.2, 0.25) is 0 Å². The Hall–Kier alpha value is -1.88. The molecule has 3 N–H and O–H groups in total. The van der Waals surface area contributed by atoms with Gasteiger partial charge in [-0.3, -0.25) is 14.9 Å². The molecule has 2 amide bonds. The van der Waals surface area contributed by atoms with Crippen molar-refractivity contribution in [2.45, 2.75) is 31.6 Å². The number of hydrogen-bond donors (Lipinski definition) is 3. The first-order chi connectivity index (χ1) is 10.7. The van der Waals surface area contributed by atoms with Crippen molar-refractivity contribution < 1.29 is 9.59 Å². The summed E-state index contributed by atoms with van der Waals surface area (Å²) >= 11 is 0. The van der Waals surface area contributed by atoms with Gasteiger partial charge in [-0.15, -0.1) is 0 Å². The second kappa shape index (κ2) is 6.92. The highest BCUT2D eigenvalue weighted by Gasteiger charge is 2.27. The van der Waals surface area contributed by atoms with E-state index in [0.717, 1.165) is 30.9 Å². The first kappa shape index (κ1) is 15.0. The Labute approximate surface area is 130 Å². The van der Waals surface area contributed by atoms with Crippen LogP contribution in [-0.4, -0.2) is 31.4 Å². The molecule has 1 unspecified atom stereocenters. The minimum absolute atomic E-state index is 0.166. The molecule has 0 radical (unpaired) electrons. The van der Waals surface area contributed by atoms with E-state index in [9.17, 15) is 9.59 Å². The summed E-state index contributed by atoms with van der Waals surface area (Å²) in [6.45, 7) is 3.15. The zero-order valence-corrected chi connectivity index (χ0v) is 12.7. The number of rotatable bonds is 4. The molecule has 5 heteroatoms. The van der Waals surface area contributed by atoms with E-state index in [0.29, 0.717) is 18.8 Å². The highest BCUT2D eigenvalue weighted by atomic mass is 16.2. The molecule has 1 aromatic carbocycles. The zero-order valence-electron chi connectivity index (χ0n) is 12.7. The van der Waals surface area contributed by atoms with Gasteiger partial charge in [0.25, 0.3) is 0 Å². The maximum absolute atomic E-state index is 12.0. The molecule has 3 rings (SSSR count). The Kier molecular flexibility index (Phi) is 4.73. The van der Waals surface area contributed by atoms with Gasteiger partial charge in [0.2, 0.25) is 11.8 Å². The van der Waals surface area contributed by atoms with E-state index in [1.54, 1.807) is 0 Å². The number of piperidine rings is 2. The summed E-state index contributed by atoms with van der Waals surface area (Å²) in [4.78, 5) is 23.2. The molecule has 2 fully saturated rings. The Morgan fingerprint density at radius 3 is 2.91 bits per heavy atom. The third kappa shape index (κ3) is 3.65. The van der Waals surface area contributed by atoms with E-state index in [1.165, 1.54) is 12.8 Å². The maximum atomic E-state index is 12.0. The summed E-state index contributed by atoms with van der Waals surface area (Å²) in [5, 5.41) is 9.32. The molecule has 0 aromatic heterocycles. The van der Waals surface area contributed by atoms with Gasteiger partial charge < -0.3 is 10.6 Å². The van der Waals surface area contributed by atoms with E-state index in [2.05, 4.69) is 16.0 Å². The highest BCUT2D eigenvalue weighted by molar-refractivity contribution is 6.01. The lowest BCUT2D eigenvalue weighted by Crippen LogP contribution is -2.39. The van der Waals surface area contributed by atoms with Crippen LogP contribution < -0.4 is 16.0 Å². The maximum Gasteiger partial charge on any atom is 0.234 e. The number of anilines is 1. The minimum atomic E-state index is -0.212. The van der Waals surface area contributed by atoms with Crippen LogP contribution in [0.25, 0.3) is 0 Å². The third-order valence-corrected chi connectivity index (χ3v) is 4.52. The lowest BCUT2D eigenvalue weighted by molar-refractivity contribution is -0.134. The van der Waals surface area contributed by atoms with E-state index in [-0.39, 0.29) is 17.7 Å². The second-order valence-corrected chi connectivity index (χ2v) is 6.22. The first-order valence-electron chi connectivity index (χ1n) is 8.10. The van der Waals surface area contributed by atoms with Crippen LogP contribution in [0.5, 0.6) is 0 Å². The van der Waals surface area contributed by atoms with Crippen LogP contribution >= 0.6 is 0 Å². The summed E-state index contributed by atoms with van der Waals surface area (Å²) in [5.74, 6) is 0.106. The molecule has 0 spiro atoms. The number of carbonyl (C=O) groups is 2. The lowest BCUT2D eigenvalue weighted by Gasteiger charge is -2.24. The van der Waals surface area contributed by atoms with Crippen molar-refractivity contribution in [3.05, 3.63) is 29.8 Å². The number of benzene rings is 1. The van der Waals surface area contributed by atoms with E-state index in [4.69, 9.17) is 0 Å². The lowest BCUT2D eigenvalue weighted by atomic mass is 9.90. The molecule has 0 saturated carbocycles. The van der Waals surface area contributed by atoms with Crippen LogP contribution in [0.1, 0.15) is 37.2 Å². The van der Waals surface area contributed by atoms with E-state index in [1.807, 2.05) is 24.3 Å². The second-order valence-electron chi connectivity index (χ2n) is 6.22. The number of imide groups is 1. The van der Waals surface area contributed by atoms with Crippen molar-refractivity contribution >= 4 is 17.5 Å². The molecule has 2 saturated heterocycles. The third-order valence-electron chi connectivity index (χ3n) is 4.52. The van der Waals surface area contributed by atoms with Crippen LogP contribution in [0.3, 0.4) is 0 Å². The van der Waals surface area contributed by atoms with Crippen molar-refractivity contribution in [3.8, 4) is 0 Å². The zero-order chi connectivity index (χ0) is 15.4. The quantitative estimate of drug-likeness (QED) is 0.739. The van der Waals surface area contributed by atoms with Crippen molar-refractivity contribution in [3.63, 3.8) is 0 Å². The van der Waals surface area contributed by atoms with Gasteiger partial charge in [0.05, 0.1) is 5.92 Å². The Morgan fingerprint density at radius 1 is 1.23 bits per heavy atom. The van der Waals surface area contributed by atoms with Crippen LogP contribution in [0, 0.1) is 5.92 Å². The molecule has 2 heterocycles. The van der Waals surface area contributed by atoms with Gasteiger partial charge in [0.1, 0.15) is 0 Å². The predicted octanol–water partition coefficient (Wildman–Crippen LogP) is 1.62. The van der Waals surface area contributed by atoms with Crippen molar-refractivity contribution in [1.29, 1.82) is 0 Å². The number of hydrogen-bond acceptors (Lipinski definition) is 4. The monoisotopic (exact) mass is 301 g/mol. The topological polar surface area (TPSA) is 70.2 Å².